The summed E-state index contributed by atoms with van der Waals surface area (Å²) < 4.78 is 0. The molecule has 0 radical (unpaired) electrons. The molecule has 0 aromatic heterocycles. The van der Waals surface area contributed by atoms with E-state index in [-0.39, 0.29) is 17.6 Å². The number of fused-ring (bicyclic) bond motifs is 1. The lowest BCUT2D eigenvalue weighted by atomic mass is 10.1. The Hall–Kier alpha value is -1.51. The maximum Gasteiger partial charge on any atom is 0.228 e. The highest BCUT2D eigenvalue weighted by Gasteiger charge is 2.56. The fourth-order valence-electron chi connectivity index (χ4n) is 2.98. The summed E-state index contributed by atoms with van der Waals surface area (Å²) in [6.45, 7) is 0. The van der Waals surface area contributed by atoms with E-state index in [0.717, 1.165) is 5.69 Å². The molecule has 3 rings (SSSR count). The predicted molar refractivity (Wildman–Crippen MR) is 61.1 cm³/mol. The van der Waals surface area contributed by atoms with Crippen LogP contribution in [0, 0.1) is 17.8 Å². The number of carbonyl (C=O) groups is 1. The van der Waals surface area contributed by atoms with Crippen LogP contribution in [0.2, 0.25) is 0 Å². The van der Waals surface area contributed by atoms with E-state index in [1.54, 1.807) is 24.3 Å². The van der Waals surface area contributed by atoms with E-state index < -0.39 is 0 Å². The summed E-state index contributed by atoms with van der Waals surface area (Å²) in [7, 11) is 0. The minimum absolute atomic E-state index is 0.153. The van der Waals surface area contributed by atoms with Gasteiger partial charge in [-0.25, -0.2) is 0 Å². The minimum atomic E-state index is 0.153. The first-order chi connectivity index (χ1) is 7.75. The summed E-state index contributed by atoms with van der Waals surface area (Å²) in [5.41, 5.74) is 0.771. The molecule has 2 aliphatic rings. The molecule has 84 valence electrons. The molecule has 0 saturated heterocycles. The van der Waals surface area contributed by atoms with Crippen molar-refractivity contribution in [3.05, 3.63) is 24.3 Å². The highest BCUT2D eigenvalue weighted by atomic mass is 16.3. The zero-order valence-corrected chi connectivity index (χ0v) is 9.02. The van der Waals surface area contributed by atoms with Crippen LogP contribution in [0.1, 0.15) is 19.3 Å². The molecule has 2 aliphatic carbocycles. The monoisotopic (exact) mass is 217 g/mol. The average molecular weight is 217 g/mol. The van der Waals surface area contributed by atoms with Gasteiger partial charge in [0, 0.05) is 11.6 Å². The van der Waals surface area contributed by atoms with Crippen molar-refractivity contribution >= 4 is 11.6 Å². The van der Waals surface area contributed by atoms with Gasteiger partial charge in [-0.2, -0.15) is 0 Å². The maximum atomic E-state index is 11.9. The number of amides is 1. The number of anilines is 1. The summed E-state index contributed by atoms with van der Waals surface area (Å²) >= 11 is 0. The second-order valence-corrected chi connectivity index (χ2v) is 4.82. The van der Waals surface area contributed by atoms with Crippen LogP contribution >= 0.6 is 0 Å². The van der Waals surface area contributed by atoms with Crippen LogP contribution in [0.5, 0.6) is 5.75 Å². The van der Waals surface area contributed by atoms with Gasteiger partial charge in [0.15, 0.2) is 0 Å². The SMILES string of the molecule is O=C(Nc1ccc(O)cc1)C1C2CCCC21. The van der Waals surface area contributed by atoms with Crippen LogP contribution in [0.3, 0.4) is 0 Å². The van der Waals surface area contributed by atoms with Gasteiger partial charge in [-0.1, -0.05) is 6.42 Å². The second-order valence-electron chi connectivity index (χ2n) is 4.82. The van der Waals surface area contributed by atoms with Crippen LogP contribution in [-0.4, -0.2) is 11.0 Å². The van der Waals surface area contributed by atoms with Crippen LogP contribution in [0.15, 0.2) is 24.3 Å². The van der Waals surface area contributed by atoms with Gasteiger partial charge in [0.1, 0.15) is 5.75 Å². The van der Waals surface area contributed by atoms with Crippen molar-refractivity contribution in [2.45, 2.75) is 19.3 Å². The summed E-state index contributed by atoms with van der Waals surface area (Å²) in [6.07, 6.45) is 3.73. The van der Waals surface area contributed by atoms with Crippen molar-refractivity contribution < 1.29 is 9.90 Å². The number of hydrogen-bond acceptors (Lipinski definition) is 2. The summed E-state index contributed by atoms with van der Waals surface area (Å²) in [4.78, 5) is 11.9. The molecule has 1 aromatic carbocycles. The standard InChI is InChI=1S/C13H15NO2/c15-9-6-4-8(5-7-9)14-13(16)12-10-2-1-3-11(10)12/h4-7,10-12,15H,1-3H2,(H,14,16). The summed E-state index contributed by atoms with van der Waals surface area (Å²) in [5, 5.41) is 12.0. The van der Waals surface area contributed by atoms with Crippen LogP contribution in [0.25, 0.3) is 0 Å². The van der Waals surface area contributed by atoms with E-state index in [9.17, 15) is 4.79 Å². The van der Waals surface area contributed by atoms with Crippen LogP contribution in [-0.2, 0) is 4.79 Å². The second kappa shape index (κ2) is 3.51. The molecule has 0 heterocycles. The van der Waals surface area contributed by atoms with Gasteiger partial charge in [0.05, 0.1) is 0 Å². The Morgan fingerprint density at radius 2 is 1.81 bits per heavy atom. The molecule has 2 fully saturated rings. The highest BCUT2D eigenvalue weighted by molar-refractivity contribution is 5.95. The largest absolute Gasteiger partial charge is 0.508 e. The lowest BCUT2D eigenvalue weighted by molar-refractivity contribution is -0.118. The first-order valence-corrected chi connectivity index (χ1v) is 5.85. The van der Waals surface area contributed by atoms with Crippen LogP contribution in [0.4, 0.5) is 5.69 Å². The normalized spacial score (nSPS) is 30.9. The van der Waals surface area contributed by atoms with Gasteiger partial charge in [-0.05, 0) is 48.9 Å². The quantitative estimate of drug-likeness (QED) is 0.747. The van der Waals surface area contributed by atoms with E-state index in [1.165, 1.54) is 19.3 Å². The predicted octanol–water partition coefficient (Wildman–Crippen LogP) is 2.38. The van der Waals surface area contributed by atoms with Crippen molar-refractivity contribution in [2.75, 3.05) is 5.32 Å². The average Bonchev–Trinajstić information content (AvgIpc) is 2.76. The Bertz CT molecular complexity index is 402. The zero-order valence-electron chi connectivity index (χ0n) is 9.02. The summed E-state index contributed by atoms with van der Waals surface area (Å²) in [6, 6.07) is 6.63. The molecule has 16 heavy (non-hydrogen) atoms. The van der Waals surface area contributed by atoms with Crippen molar-refractivity contribution in [1.82, 2.24) is 0 Å². The topological polar surface area (TPSA) is 49.3 Å². The van der Waals surface area contributed by atoms with E-state index in [4.69, 9.17) is 5.11 Å². The minimum Gasteiger partial charge on any atom is -0.508 e. The van der Waals surface area contributed by atoms with E-state index in [0.29, 0.717) is 11.8 Å². The maximum absolute atomic E-state index is 11.9. The number of aromatic hydroxyl groups is 1. The first-order valence-electron chi connectivity index (χ1n) is 5.85. The molecule has 0 spiro atoms. The molecule has 3 nitrogen and oxygen atoms in total. The molecular formula is C13H15NO2. The highest BCUT2D eigenvalue weighted by Crippen LogP contribution is 2.57. The number of nitrogens with one attached hydrogen (secondary N) is 1. The number of hydrogen-bond donors (Lipinski definition) is 2. The van der Waals surface area contributed by atoms with Gasteiger partial charge in [-0.15, -0.1) is 0 Å². The van der Waals surface area contributed by atoms with Gasteiger partial charge in [0.2, 0.25) is 5.91 Å². The third kappa shape index (κ3) is 1.56. The number of phenolic OH excluding ortho intramolecular Hbond substituents is 1. The van der Waals surface area contributed by atoms with Gasteiger partial charge in [-0.3, -0.25) is 4.79 Å². The fourth-order valence-corrected chi connectivity index (χ4v) is 2.98. The summed E-state index contributed by atoms with van der Waals surface area (Å²) in [5.74, 6) is 1.93. The number of phenols is 1. The van der Waals surface area contributed by atoms with Crippen LogP contribution < -0.4 is 5.32 Å². The molecule has 3 heteroatoms. The Morgan fingerprint density at radius 3 is 2.44 bits per heavy atom. The number of benzene rings is 1. The molecule has 2 atom stereocenters. The molecule has 0 aliphatic heterocycles. The molecule has 2 N–H and O–H groups in total. The number of rotatable bonds is 2. The van der Waals surface area contributed by atoms with Gasteiger partial charge < -0.3 is 10.4 Å². The first kappa shape index (κ1) is 9.70. The zero-order chi connectivity index (χ0) is 11.1. The van der Waals surface area contributed by atoms with E-state index in [2.05, 4.69) is 5.32 Å². The Labute approximate surface area is 94.5 Å². The van der Waals surface area contributed by atoms with E-state index >= 15 is 0 Å². The van der Waals surface area contributed by atoms with Gasteiger partial charge >= 0.3 is 0 Å². The third-order valence-corrected chi connectivity index (χ3v) is 3.84. The smallest absolute Gasteiger partial charge is 0.228 e. The Kier molecular flexibility index (Phi) is 2.13. The molecule has 0 bridgehead atoms. The Morgan fingerprint density at radius 1 is 1.19 bits per heavy atom. The fraction of sp³-hybridized carbons (Fsp3) is 0.462. The van der Waals surface area contributed by atoms with Crippen molar-refractivity contribution in [3.63, 3.8) is 0 Å². The van der Waals surface area contributed by atoms with E-state index in [1.807, 2.05) is 0 Å². The van der Waals surface area contributed by atoms with Crippen molar-refractivity contribution in [1.29, 1.82) is 0 Å². The Balaban J connectivity index is 1.63. The molecular weight excluding hydrogens is 202 g/mol. The van der Waals surface area contributed by atoms with Crippen molar-refractivity contribution in [2.24, 2.45) is 17.8 Å². The molecule has 1 aromatic rings. The molecule has 2 unspecified atom stereocenters. The number of carbonyl (C=O) groups excluding carboxylic acids is 1. The lowest BCUT2D eigenvalue weighted by Crippen LogP contribution is -2.16. The molecule has 1 amide bonds. The molecule has 2 saturated carbocycles. The van der Waals surface area contributed by atoms with Gasteiger partial charge in [0.25, 0.3) is 0 Å². The lowest BCUT2D eigenvalue weighted by Gasteiger charge is -2.06. The van der Waals surface area contributed by atoms with Crippen molar-refractivity contribution in [3.8, 4) is 5.75 Å². The third-order valence-electron chi connectivity index (χ3n) is 3.84.